The van der Waals surface area contributed by atoms with Crippen LogP contribution in [0.2, 0.25) is 0 Å². The van der Waals surface area contributed by atoms with E-state index in [2.05, 4.69) is 5.32 Å². The summed E-state index contributed by atoms with van der Waals surface area (Å²) in [6.45, 7) is 1.76. The van der Waals surface area contributed by atoms with Crippen LogP contribution in [-0.2, 0) is 14.3 Å². The molecule has 92 valence electrons. The minimum absolute atomic E-state index is 0.0241. The van der Waals surface area contributed by atoms with Crippen LogP contribution in [0.1, 0.15) is 12.8 Å². The summed E-state index contributed by atoms with van der Waals surface area (Å²) >= 11 is 0. The molecule has 0 saturated carbocycles. The van der Waals surface area contributed by atoms with E-state index in [1.807, 2.05) is 0 Å². The quantitative estimate of drug-likeness (QED) is 0.613. The van der Waals surface area contributed by atoms with E-state index < -0.39 is 6.04 Å². The number of likely N-dealkylation sites (tertiary alicyclic amines) is 1. The monoisotopic (exact) mass is 229 g/mol. The van der Waals surface area contributed by atoms with Crippen molar-refractivity contribution in [3.8, 4) is 0 Å². The largest absolute Gasteiger partial charge is 0.383 e. The Morgan fingerprint density at radius 1 is 1.44 bits per heavy atom. The third-order valence-corrected chi connectivity index (χ3v) is 2.56. The van der Waals surface area contributed by atoms with Crippen molar-refractivity contribution in [3.63, 3.8) is 0 Å². The Labute approximate surface area is 95.1 Å². The van der Waals surface area contributed by atoms with Crippen molar-refractivity contribution in [2.45, 2.75) is 18.9 Å². The second-order valence-corrected chi connectivity index (χ2v) is 3.87. The van der Waals surface area contributed by atoms with Crippen molar-refractivity contribution in [3.05, 3.63) is 0 Å². The molecule has 0 bridgehead atoms. The third-order valence-electron chi connectivity index (χ3n) is 2.56. The van der Waals surface area contributed by atoms with Crippen molar-refractivity contribution in [1.82, 2.24) is 10.2 Å². The molecular formula is C10H19N3O3. The summed E-state index contributed by atoms with van der Waals surface area (Å²) in [7, 11) is 1.47. The lowest BCUT2D eigenvalue weighted by atomic mass is 10.3. The standard InChI is InChI=1S/C10H19N3O3/c1-16-7-8(11)10(15)12-6-9(14)13-4-2-3-5-13/h8H,2-7,11H2,1H3,(H,12,15). The maximum Gasteiger partial charge on any atom is 0.241 e. The number of hydrogen-bond acceptors (Lipinski definition) is 4. The molecule has 0 aromatic rings. The van der Waals surface area contributed by atoms with Gasteiger partial charge in [0.15, 0.2) is 0 Å². The fourth-order valence-electron chi connectivity index (χ4n) is 1.63. The molecule has 2 amide bonds. The topological polar surface area (TPSA) is 84.7 Å². The smallest absolute Gasteiger partial charge is 0.241 e. The molecule has 0 aromatic heterocycles. The van der Waals surface area contributed by atoms with E-state index in [1.165, 1.54) is 7.11 Å². The molecule has 0 aromatic carbocycles. The molecule has 1 heterocycles. The Morgan fingerprint density at radius 3 is 2.62 bits per heavy atom. The number of amides is 2. The van der Waals surface area contributed by atoms with Crippen molar-refractivity contribution < 1.29 is 14.3 Å². The lowest BCUT2D eigenvalue weighted by Gasteiger charge is -2.16. The zero-order valence-corrected chi connectivity index (χ0v) is 9.57. The highest BCUT2D eigenvalue weighted by atomic mass is 16.5. The fourth-order valence-corrected chi connectivity index (χ4v) is 1.63. The van der Waals surface area contributed by atoms with E-state index in [9.17, 15) is 9.59 Å². The van der Waals surface area contributed by atoms with Crippen molar-refractivity contribution >= 4 is 11.8 Å². The molecule has 1 rings (SSSR count). The molecule has 0 spiro atoms. The summed E-state index contributed by atoms with van der Waals surface area (Å²) in [4.78, 5) is 24.7. The lowest BCUT2D eigenvalue weighted by Crippen LogP contribution is -2.47. The molecule has 3 N–H and O–H groups in total. The first-order valence-electron chi connectivity index (χ1n) is 5.45. The Balaban J connectivity index is 2.22. The number of nitrogens with zero attached hydrogens (tertiary/aromatic N) is 1. The van der Waals surface area contributed by atoms with E-state index in [0.29, 0.717) is 0 Å². The van der Waals surface area contributed by atoms with Crippen LogP contribution in [0.5, 0.6) is 0 Å². The Hall–Kier alpha value is -1.14. The Bertz CT molecular complexity index is 252. The van der Waals surface area contributed by atoms with Crippen LogP contribution in [0.25, 0.3) is 0 Å². The maximum atomic E-state index is 11.6. The van der Waals surface area contributed by atoms with Gasteiger partial charge in [0.25, 0.3) is 0 Å². The van der Waals surface area contributed by atoms with E-state index in [0.717, 1.165) is 25.9 Å². The second-order valence-electron chi connectivity index (χ2n) is 3.87. The molecule has 6 nitrogen and oxygen atoms in total. The van der Waals surface area contributed by atoms with Gasteiger partial charge < -0.3 is 20.7 Å². The first kappa shape index (κ1) is 12.9. The summed E-state index contributed by atoms with van der Waals surface area (Å²) in [5.41, 5.74) is 5.51. The van der Waals surface area contributed by atoms with Gasteiger partial charge in [-0.25, -0.2) is 0 Å². The van der Waals surface area contributed by atoms with Crippen molar-refractivity contribution in [1.29, 1.82) is 0 Å². The normalized spacial score (nSPS) is 17.2. The molecule has 1 saturated heterocycles. The molecule has 1 aliphatic heterocycles. The minimum Gasteiger partial charge on any atom is -0.383 e. The maximum absolute atomic E-state index is 11.6. The van der Waals surface area contributed by atoms with Gasteiger partial charge in [-0.3, -0.25) is 9.59 Å². The van der Waals surface area contributed by atoms with Crippen LogP contribution in [-0.4, -0.2) is 56.1 Å². The highest BCUT2D eigenvalue weighted by molar-refractivity contribution is 5.87. The zero-order valence-electron chi connectivity index (χ0n) is 9.57. The van der Waals surface area contributed by atoms with Crippen LogP contribution in [0.15, 0.2) is 0 Å². The Morgan fingerprint density at radius 2 is 2.06 bits per heavy atom. The summed E-state index contributed by atoms with van der Waals surface area (Å²) in [5, 5.41) is 2.51. The zero-order chi connectivity index (χ0) is 12.0. The molecule has 1 unspecified atom stereocenters. The molecule has 1 fully saturated rings. The number of rotatable bonds is 5. The van der Waals surface area contributed by atoms with Crippen LogP contribution >= 0.6 is 0 Å². The van der Waals surface area contributed by atoms with E-state index in [4.69, 9.17) is 10.5 Å². The molecule has 0 radical (unpaired) electrons. The van der Waals surface area contributed by atoms with Gasteiger partial charge in [-0.1, -0.05) is 0 Å². The number of methoxy groups -OCH3 is 1. The van der Waals surface area contributed by atoms with Gasteiger partial charge in [-0.15, -0.1) is 0 Å². The SMILES string of the molecule is COCC(N)C(=O)NCC(=O)N1CCCC1. The van der Waals surface area contributed by atoms with Crippen LogP contribution < -0.4 is 11.1 Å². The van der Waals surface area contributed by atoms with Gasteiger partial charge in [0, 0.05) is 20.2 Å². The third kappa shape index (κ3) is 3.79. The van der Waals surface area contributed by atoms with E-state index in [-0.39, 0.29) is 25.0 Å². The molecular weight excluding hydrogens is 210 g/mol. The number of carbonyl (C=O) groups excluding carboxylic acids is 2. The van der Waals surface area contributed by atoms with Crippen LogP contribution in [0, 0.1) is 0 Å². The highest BCUT2D eigenvalue weighted by Crippen LogP contribution is 2.06. The van der Waals surface area contributed by atoms with Gasteiger partial charge in [-0.05, 0) is 12.8 Å². The molecule has 6 heteroatoms. The number of nitrogens with one attached hydrogen (secondary N) is 1. The molecule has 0 aliphatic carbocycles. The summed E-state index contributed by atoms with van der Waals surface area (Å²) in [5.74, 6) is -0.398. The highest BCUT2D eigenvalue weighted by Gasteiger charge is 2.19. The van der Waals surface area contributed by atoms with Crippen LogP contribution in [0.3, 0.4) is 0 Å². The average molecular weight is 229 g/mol. The first-order valence-corrected chi connectivity index (χ1v) is 5.45. The summed E-state index contributed by atoms with van der Waals surface area (Å²) < 4.78 is 4.75. The summed E-state index contributed by atoms with van der Waals surface area (Å²) in [6.07, 6.45) is 2.09. The number of ether oxygens (including phenoxy) is 1. The van der Waals surface area contributed by atoms with Gasteiger partial charge in [0.05, 0.1) is 13.2 Å². The van der Waals surface area contributed by atoms with Gasteiger partial charge in [0.1, 0.15) is 6.04 Å². The van der Waals surface area contributed by atoms with Crippen molar-refractivity contribution in [2.75, 3.05) is 33.4 Å². The van der Waals surface area contributed by atoms with E-state index >= 15 is 0 Å². The number of carbonyl (C=O) groups is 2. The van der Waals surface area contributed by atoms with Gasteiger partial charge in [0.2, 0.25) is 11.8 Å². The first-order chi connectivity index (χ1) is 7.65. The Kier molecular flexibility index (Phi) is 5.21. The molecule has 16 heavy (non-hydrogen) atoms. The average Bonchev–Trinajstić information content (AvgIpc) is 2.79. The minimum atomic E-state index is -0.712. The predicted molar refractivity (Wildman–Crippen MR) is 58.7 cm³/mol. The number of hydrogen-bond donors (Lipinski definition) is 2. The summed E-state index contributed by atoms with van der Waals surface area (Å²) in [6, 6.07) is -0.712. The van der Waals surface area contributed by atoms with Gasteiger partial charge in [-0.2, -0.15) is 0 Å². The fraction of sp³-hybridized carbons (Fsp3) is 0.800. The second kappa shape index (κ2) is 6.44. The molecule has 1 atom stereocenters. The molecule has 1 aliphatic rings. The predicted octanol–water partition coefficient (Wildman–Crippen LogP) is -1.30. The van der Waals surface area contributed by atoms with Gasteiger partial charge >= 0.3 is 0 Å². The van der Waals surface area contributed by atoms with E-state index in [1.54, 1.807) is 4.90 Å². The number of nitrogens with two attached hydrogens (primary N) is 1. The van der Waals surface area contributed by atoms with Crippen LogP contribution in [0.4, 0.5) is 0 Å². The van der Waals surface area contributed by atoms with Crippen molar-refractivity contribution in [2.24, 2.45) is 5.73 Å². The lowest BCUT2D eigenvalue weighted by molar-refractivity contribution is -0.132.